The molecule has 2 N–H and O–H groups in total. The second-order valence-electron chi connectivity index (χ2n) is 5.65. The SMILES string of the molecule is CCN(CC)[C@@H]1CCN(C(=O)[C@@H]2CCC[C@@H]2N)C1. The van der Waals surface area contributed by atoms with Crippen LogP contribution in [0.15, 0.2) is 0 Å². The first-order valence-electron chi connectivity index (χ1n) is 7.45. The number of rotatable bonds is 4. The number of nitrogens with zero attached hydrogens (tertiary/aromatic N) is 2. The van der Waals surface area contributed by atoms with Crippen LogP contribution in [-0.2, 0) is 4.79 Å². The Labute approximate surface area is 110 Å². The van der Waals surface area contributed by atoms with Crippen LogP contribution in [0.4, 0.5) is 0 Å². The predicted molar refractivity (Wildman–Crippen MR) is 73.2 cm³/mol. The van der Waals surface area contributed by atoms with Gasteiger partial charge in [0.05, 0.1) is 5.92 Å². The van der Waals surface area contributed by atoms with Crippen molar-refractivity contribution in [3.05, 3.63) is 0 Å². The van der Waals surface area contributed by atoms with Crippen molar-refractivity contribution in [3.8, 4) is 0 Å². The maximum absolute atomic E-state index is 12.4. The molecule has 2 rings (SSSR count). The lowest BCUT2D eigenvalue weighted by Crippen LogP contribution is -2.43. The summed E-state index contributed by atoms with van der Waals surface area (Å²) < 4.78 is 0. The first-order chi connectivity index (χ1) is 8.67. The van der Waals surface area contributed by atoms with Crippen molar-refractivity contribution in [2.24, 2.45) is 11.7 Å². The summed E-state index contributed by atoms with van der Waals surface area (Å²) in [6.45, 7) is 8.37. The Morgan fingerprint density at radius 3 is 2.56 bits per heavy atom. The van der Waals surface area contributed by atoms with E-state index >= 15 is 0 Å². The minimum atomic E-state index is 0.0976. The molecule has 2 fully saturated rings. The van der Waals surface area contributed by atoms with Gasteiger partial charge in [-0.15, -0.1) is 0 Å². The van der Waals surface area contributed by atoms with Crippen LogP contribution in [0.5, 0.6) is 0 Å². The molecule has 104 valence electrons. The molecule has 3 atom stereocenters. The number of hydrogen-bond acceptors (Lipinski definition) is 3. The maximum Gasteiger partial charge on any atom is 0.227 e. The fourth-order valence-corrected chi connectivity index (χ4v) is 3.51. The van der Waals surface area contributed by atoms with E-state index < -0.39 is 0 Å². The molecular formula is C14H27N3O. The summed E-state index contributed by atoms with van der Waals surface area (Å²) in [5, 5.41) is 0. The quantitative estimate of drug-likeness (QED) is 0.815. The van der Waals surface area contributed by atoms with Gasteiger partial charge in [0.15, 0.2) is 0 Å². The van der Waals surface area contributed by atoms with E-state index in [-0.39, 0.29) is 12.0 Å². The second kappa shape index (κ2) is 6.02. The van der Waals surface area contributed by atoms with Gasteiger partial charge >= 0.3 is 0 Å². The van der Waals surface area contributed by atoms with Crippen LogP contribution in [0.25, 0.3) is 0 Å². The van der Waals surface area contributed by atoms with Gasteiger partial charge in [0.25, 0.3) is 0 Å². The van der Waals surface area contributed by atoms with Gasteiger partial charge in [0, 0.05) is 25.2 Å². The summed E-state index contributed by atoms with van der Waals surface area (Å²) in [5.74, 6) is 0.412. The normalized spacial score (nSPS) is 32.4. The summed E-state index contributed by atoms with van der Waals surface area (Å²) in [6.07, 6.45) is 4.25. The molecule has 1 aliphatic heterocycles. The van der Waals surface area contributed by atoms with Gasteiger partial charge in [0.2, 0.25) is 5.91 Å². The van der Waals surface area contributed by atoms with Gasteiger partial charge in [-0.05, 0) is 32.4 Å². The Morgan fingerprint density at radius 1 is 1.28 bits per heavy atom. The van der Waals surface area contributed by atoms with Crippen LogP contribution >= 0.6 is 0 Å². The molecule has 1 heterocycles. The smallest absolute Gasteiger partial charge is 0.227 e. The Morgan fingerprint density at radius 2 is 2.00 bits per heavy atom. The number of carbonyl (C=O) groups excluding carboxylic acids is 1. The highest BCUT2D eigenvalue weighted by Gasteiger charge is 2.37. The summed E-state index contributed by atoms with van der Waals surface area (Å²) >= 11 is 0. The lowest BCUT2D eigenvalue weighted by atomic mass is 10.0. The van der Waals surface area contributed by atoms with E-state index in [1.165, 1.54) is 0 Å². The molecule has 1 amide bonds. The first kappa shape index (κ1) is 13.8. The van der Waals surface area contributed by atoms with Crippen LogP contribution in [-0.4, -0.2) is 54.0 Å². The van der Waals surface area contributed by atoms with Crippen molar-refractivity contribution in [1.29, 1.82) is 0 Å². The van der Waals surface area contributed by atoms with Crippen molar-refractivity contribution in [2.75, 3.05) is 26.2 Å². The van der Waals surface area contributed by atoms with E-state index in [0.717, 1.165) is 51.9 Å². The molecular weight excluding hydrogens is 226 g/mol. The lowest BCUT2D eigenvalue weighted by molar-refractivity contribution is -0.134. The van der Waals surface area contributed by atoms with Gasteiger partial charge in [-0.1, -0.05) is 20.3 Å². The fraction of sp³-hybridized carbons (Fsp3) is 0.929. The van der Waals surface area contributed by atoms with E-state index in [4.69, 9.17) is 5.73 Å². The minimum Gasteiger partial charge on any atom is -0.341 e. The summed E-state index contributed by atoms with van der Waals surface area (Å²) in [7, 11) is 0. The lowest BCUT2D eigenvalue weighted by Gasteiger charge is -2.27. The van der Waals surface area contributed by atoms with Crippen LogP contribution < -0.4 is 5.73 Å². The Balaban J connectivity index is 1.90. The molecule has 0 aromatic heterocycles. The zero-order valence-electron chi connectivity index (χ0n) is 11.8. The molecule has 4 heteroatoms. The Hall–Kier alpha value is -0.610. The first-order valence-corrected chi connectivity index (χ1v) is 7.45. The molecule has 0 aromatic carbocycles. The van der Waals surface area contributed by atoms with Gasteiger partial charge in [0.1, 0.15) is 0 Å². The fourth-order valence-electron chi connectivity index (χ4n) is 3.51. The minimum absolute atomic E-state index is 0.0976. The summed E-state index contributed by atoms with van der Waals surface area (Å²) in [5.41, 5.74) is 6.04. The molecule has 0 spiro atoms. The topological polar surface area (TPSA) is 49.6 Å². The highest BCUT2D eigenvalue weighted by Crippen LogP contribution is 2.27. The Bertz CT molecular complexity index is 291. The molecule has 0 bridgehead atoms. The van der Waals surface area contributed by atoms with Gasteiger partial charge < -0.3 is 10.6 Å². The van der Waals surface area contributed by atoms with E-state index in [1.807, 2.05) is 0 Å². The zero-order valence-corrected chi connectivity index (χ0v) is 11.8. The standard InChI is InChI=1S/C14H27N3O/c1-3-16(4-2)11-8-9-17(10-11)14(18)12-6-5-7-13(12)15/h11-13H,3-10,15H2,1-2H3/t11-,12-,13+/m1/s1. The number of carbonyl (C=O) groups is 1. The van der Waals surface area contributed by atoms with E-state index in [1.54, 1.807) is 0 Å². The highest BCUT2D eigenvalue weighted by atomic mass is 16.2. The van der Waals surface area contributed by atoms with Crippen LogP contribution in [0.2, 0.25) is 0 Å². The molecule has 0 radical (unpaired) electrons. The number of hydrogen-bond donors (Lipinski definition) is 1. The van der Waals surface area contributed by atoms with Crippen molar-refractivity contribution in [1.82, 2.24) is 9.80 Å². The van der Waals surface area contributed by atoms with Crippen LogP contribution in [0.3, 0.4) is 0 Å². The van der Waals surface area contributed by atoms with Crippen molar-refractivity contribution in [2.45, 2.75) is 51.6 Å². The number of amides is 1. The molecule has 1 aliphatic carbocycles. The average Bonchev–Trinajstić information content (AvgIpc) is 2.99. The molecule has 4 nitrogen and oxygen atoms in total. The zero-order chi connectivity index (χ0) is 13.1. The Kier molecular flexibility index (Phi) is 4.62. The summed E-state index contributed by atoms with van der Waals surface area (Å²) in [6, 6.07) is 0.659. The summed E-state index contributed by atoms with van der Waals surface area (Å²) in [4.78, 5) is 16.9. The van der Waals surface area contributed by atoms with Crippen molar-refractivity contribution >= 4 is 5.91 Å². The molecule has 2 aliphatic rings. The monoisotopic (exact) mass is 253 g/mol. The van der Waals surface area contributed by atoms with Crippen LogP contribution in [0.1, 0.15) is 39.5 Å². The average molecular weight is 253 g/mol. The third-order valence-electron chi connectivity index (χ3n) is 4.69. The van der Waals surface area contributed by atoms with Crippen molar-refractivity contribution < 1.29 is 4.79 Å². The molecule has 18 heavy (non-hydrogen) atoms. The van der Waals surface area contributed by atoms with Gasteiger partial charge in [-0.25, -0.2) is 0 Å². The molecule has 1 saturated carbocycles. The molecule has 0 aromatic rings. The number of nitrogens with two attached hydrogens (primary N) is 1. The third-order valence-corrected chi connectivity index (χ3v) is 4.69. The third kappa shape index (κ3) is 2.69. The maximum atomic E-state index is 12.4. The van der Waals surface area contributed by atoms with Gasteiger partial charge in [-0.3, -0.25) is 9.69 Å². The van der Waals surface area contributed by atoms with Crippen LogP contribution in [0, 0.1) is 5.92 Å². The van der Waals surface area contributed by atoms with E-state index in [2.05, 4.69) is 23.6 Å². The second-order valence-corrected chi connectivity index (χ2v) is 5.65. The van der Waals surface area contributed by atoms with E-state index in [9.17, 15) is 4.79 Å². The molecule has 1 saturated heterocycles. The van der Waals surface area contributed by atoms with Crippen molar-refractivity contribution in [3.63, 3.8) is 0 Å². The molecule has 0 unspecified atom stereocenters. The predicted octanol–water partition coefficient (Wildman–Crippen LogP) is 1.06. The highest BCUT2D eigenvalue weighted by molar-refractivity contribution is 5.80. The van der Waals surface area contributed by atoms with Gasteiger partial charge in [-0.2, -0.15) is 0 Å². The number of likely N-dealkylation sites (tertiary alicyclic amines) is 1. The van der Waals surface area contributed by atoms with E-state index in [0.29, 0.717) is 11.9 Å². The number of likely N-dealkylation sites (N-methyl/N-ethyl adjacent to an activating group) is 1. The largest absolute Gasteiger partial charge is 0.341 e.